The van der Waals surface area contributed by atoms with Gasteiger partial charge in [0.25, 0.3) is 5.69 Å². The number of thiophene rings is 1. The molecule has 0 aliphatic heterocycles. The first-order chi connectivity index (χ1) is 15.6. The molecule has 0 fully saturated rings. The van der Waals surface area contributed by atoms with E-state index in [0.717, 1.165) is 6.07 Å². The minimum Gasteiger partial charge on any atom is -0.478 e. The SMILES string of the molecule is O=C(O)c1ccc(-c2nc(NCc3cccc([N+](=O)[O-])c3)c3cc(C(F)(F)F)sc3n2)cc1. The van der Waals surface area contributed by atoms with Crippen LogP contribution in [0.1, 0.15) is 20.8 Å². The van der Waals surface area contributed by atoms with E-state index in [2.05, 4.69) is 15.3 Å². The van der Waals surface area contributed by atoms with Crippen molar-refractivity contribution in [3.63, 3.8) is 0 Å². The first kappa shape index (κ1) is 22.1. The topological polar surface area (TPSA) is 118 Å². The predicted octanol–water partition coefficient (Wildman–Crippen LogP) is 5.60. The normalized spacial score (nSPS) is 11.5. The number of aromatic carboxylic acids is 1. The van der Waals surface area contributed by atoms with Gasteiger partial charge in [0.1, 0.15) is 15.5 Å². The number of non-ortho nitro benzene ring substituents is 1. The number of nitro benzene ring substituents is 1. The number of nitrogens with one attached hydrogen (secondary N) is 1. The van der Waals surface area contributed by atoms with Crippen LogP contribution in [0.5, 0.6) is 0 Å². The van der Waals surface area contributed by atoms with Gasteiger partial charge < -0.3 is 10.4 Å². The fourth-order valence-corrected chi connectivity index (χ4v) is 3.95. The molecule has 0 spiro atoms. The second-order valence-electron chi connectivity index (χ2n) is 6.89. The molecule has 2 aromatic heterocycles. The summed E-state index contributed by atoms with van der Waals surface area (Å²) in [5.41, 5.74) is 0.882. The Morgan fingerprint density at radius 2 is 1.85 bits per heavy atom. The number of nitro groups is 1. The van der Waals surface area contributed by atoms with Crippen molar-refractivity contribution < 1.29 is 28.0 Å². The minimum absolute atomic E-state index is 0.0410. The summed E-state index contributed by atoms with van der Waals surface area (Å²) in [5, 5.41) is 23.1. The van der Waals surface area contributed by atoms with Crippen molar-refractivity contribution in [3.8, 4) is 11.4 Å². The maximum atomic E-state index is 13.3. The molecule has 4 aromatic rings. The molecule has 0 saturated heterocycles. The van der Waals surface area contributed by atoms with Gasteiger partial charge >= 0.3 is 12.1 Å². The molecular weight excluding hydrogens is 461 g/mol. The number of halogens is 3. The summed E-state index contributed by atoms with van der Waals surface area (Å²) in [6, 6.07) is 12.4. The van der Waals surface area contributed by atoms with Crippen molar-refractivity contribution in [1.82, 2.24) is 9.97 Å². The number of hydrogen-bond donors (Lipinski definition) is 2. The molecule has 0 amide bonds. The zero-order valence-electron chi connectivity index (χ0n) is 16.5. The first-order valence-electron chi connectivity index (χ1n) is 9.31. The molecule has 0 bridgehead atoms. The standard InChI is InChI=1S/C21H13F3N4O4S/c22-21(23,24)16-9-15-18(25-10-11-2-1-3-14(8-11)28(31)32)26-17(27-19(15)33-16)12-4-6-13(7-5-12)20(29)30/h1-9H,10H2,(H,29,30)(H,25,26,27). The van der Waals surface area contributed by atoms with Crippen molar-refractivity contribution >= 4 is 39.0 Å². The van der Waals surface area contributed by atoms with Crippen LogP contribution < -0.4 is 5.32 Å². The number of anilines is 1. The van der Waals surface area contributed by atoms with Crippen LogP contribution in [0.15, 0.2) is 54.6 Å². The van der Waals surface area contributed by atoms with E-state index in [1.165, 1.54) is 42.5 Å². The molecule has 0 aliphatic rings. The summed E-state index contributed by atoms with van der Waals surface area (Å²) >= 11 is 0.464. The number of alkyl halides is 3. The average Bonchev–Trinajstić information content (AvgIpc) is 3.23. The molecule has 2 N–H and O–H groups in total. The van der Waals surface area contributed by atoms with Crippen molar-refractivity contribution in [2.75, 3.05) is 5.32 Å². The highest BCUT2D eigenvalue weighted by Gasteiger charge is 2.33. The number of carbonyl (C=O) groups is 1. The number of benzene rings is 2. The maximum Gasteiger partial charge on any atom is 0.425 e. The van der Waals surface area contributed by atoms with E-state index in [1.807, 2.05) is 0 Å². The van der Waals surface area contributed by atoms with Gasteiger partial charge in [-0.15, -0.1) is 11.3 Å². The van der Waals surface area contributed by atoms with Crippen LogP contribution in [-0.2, 0) is 12.7 Å². The van der Waals surface area contributed by atoms with Gasteiger partial charge in [0.15, 0.2) is 5.82 Å². The van der Waals surface area contributed by atoms with Crippen LogP contribution in [0, 0.1) is 10.1 Å². The van der Waals surface area contributed by atoms with E-state index >= 15 is 0 Å². The minimum atomic E-state index is -4.56. The molecule has 33 heavy (non-hydrogen) atoms. The molecule has 0 atom stereocenters. The molecule has 0 unspecified atom stereocenters. The molecule has 2 heterocycles. The largest absolute Gasteiger partial charge is 0.478 e. The number of carboxylic acid groups (broad SMARTS) is 1. The fourth-order valence-electron chi connectivity index (χ4n) is 3.05. The third-order valence-electron chi connectivity index (χ3n) is 4.64. The second-order valence-corrected chi connectivity index (χ2v) is 7.92. The van der Waals surface area contributed by atoms with Gasteiger partial charge in [0, 0.05) is 24.2 Å². The third kappa shape index (κ3) is 4.75. The second kappa shape index (κ2) is 8.47. The van der Waals surface area contributed by atoms with Gasteiger partial charge in [-0.1, -0.05) is 24.3 Å². The van der Waals surface area contributed by atoms with Crippen LogP contribution >= 0.6 is 11.3 Å². The fraction of sp³-hybridized carbons (Fsp3) is 0.0952. The summed E-state index contributed by atoms with van der Waals surface area (Å²) in [4.78, 5) is 29.4. The van der Waals surface area contributed by atoms with E-state index in [0.29, 0.717) is 22.5 Å². The predicted molar refractivity (Wildman–Crippen MR) is 115 cm³/mol. The van der Waals surface area contributed by atoms with Gasteiger partial charge in [0.2, 0.25) is 0 Å². The van der Waals surface area contributed by atoms with E-state index in [1.54, 1.807) is 6.07 Å². The summed E-state index contributed by atoms with van der Waals surface area (Å²) in [7, 11) is 0. The monoisotopic (exact) mass is 474 g/mol. The van der Waals surface area contributed by atoms with E-state index < -0.39 is 21.9 Å². The summed E-state index contributed by atoms with van der Waals surface area (Å²) in [6.07, 6.45) is -4.56. The van der Waals surface area contributed by atoms with Crippen LogP contribution in [0.2, 0.25) is 0 Å². The lowest BCUT2D eigenvalue weighted by atomic mass is 10.1. The molecule has 2 aromatic carbocycles. The number of nitrogens with zero attached hydrogens (tertiary/aromatic N) is 3. The molecule has 4 rings (SSSR count). The number of rotatable bonds is 6. The Bertz CT molecular complexity index is 1370. The van der Waals surface area contributed by atoms with E-state index in [-0.39, 0.29) is 39.7 Å². The lowest BCUT2D eigenvalue weighted by Gasteiger charge is -2.09. The Morgan fingerprint density at radius 3 is 2.48 bits per heavy atom. The highest BCUT2D eigenvalue weighted by Crippen LogP contribution is 2.40. The quantitative estimate of drug-likeness (QED) is 0.276. The zero-order chi connectivity index (χ0) is 23.8. The summed E-state index contributed by atoms with van der Waals surface area (Å²) in [6.45, 7) is 0.0718. The summed E-state index contributed by atoms with van der Waals surface area (Å²) < 4.78 is 39.9. The van der Waals surface area contributed by atoms with Crippen molar-refractivity contribution in [2.45, 2.75) is 12.7 Å². The Balaban J connectivity index is 1.75. The molecule has 12 heteroatoms. The molecule has 0 saturated carbocycles. The van der Waals surface area contributed by atoms with E-state index in [9.17, 15) is 28.1 Å². The third-order valence-corrected chi connectivity index (χ3v) is 5.72. The lowest BCUT2D eigenvalue weighted by Crippen LogP contribution is -2.04. The smallest absolute Gasteiger partial charge is 0.425 e. The molecule has 8 nitrogen and oxygen atoms in total. The van der Waals surface area contributed by atoms with Gasteiger partial charge in [-0.2, -0.15) is 13.2 Å². The Labute approximate surface area is 187 Å². The number of aromatic nitrogens is 2. The molecule has 0 radical (unpaired) electrons. The number of fused-ring (bicyclic) bond motifs is 1. The van der Waals surface area contributed by atoms with E-state index in [4.69, 9.17) is 5.11 Å². The van der Waals surface area contributed by atoms with Crippen LogP contribution in [0.25, 0.3) is 21.6 Å². The Kier molecular flexibility index (Phi) is 5.68. The van der Waals surface area contributed by atoms with Gasteiger partial charge in [-0.3, -0.25) is 10.1 Å². The van der Waals surface area contributed by atoms with Gasteiger partial charge in [0.05, 0.1) is 15.9 Å². The van der Waals surface area contributed by atoms with Crippen LogP contribution in [-0.4, -0.2) is 26.0 Å². The highest BCUT2D eigenvalue weighted by atomic mass is 32.1. The Hall–Kier alpha value is -4.06. The highest BCUT2D eigenvalue weighted by molar-refractivity contribution is 7.18. The first-order valence-corrected chi connectivity index (χ1v) is 10.1. The number of carboxylic acids is 1. The van der Waals surface area contributed by atoms with Crippen molar-refractivity contribution in [3.05, 3.63) is 80.7 Å². The molecule has 168 valence electrons. The summed E-state index contributed by atoms with van der Waals surface area (Å²) in [5.74, 6) is -0.891. The van der Waals surface area contributed by atoms with Crippen LogP contribution in [0.4, 0.5) is 24.7 Å². The number of hydrogen-bond acceptors (Lipinski definition) is 7. The Morgan fingerprint density at radius 1 is 1.12 bits per heavy atom. The average molecular weight is 474 g/mol. The zero-order valence-corrected chi connectivity index (χ0v) is 17.3. The van der Waals surface area contributed by atoms with Crippen molar-refractivity contribution in [1.29, 1.82) is 0 Å². The molecule has 0 aliphatic carbocycles. The van der Waals surface area contributed by atoms with Gasteiger partial charge in [-0.25, -0.2) is 14.8 Å². The van der Waals surface area contributed by atoms with Crippen LogP contribution in [0.3, 0.4) is 0 Å². The lowest BCUT2D eigenvalue weighted by molar-refractivity contribution is -0.384. The van der Waals surface area contributed by atoms with Crippen molar-refractivity contribution in [2.24, 2.45) is 0 Å². The maximum absolute atomic E-state index is 13.3. The van der Waals surface area contributed by atoms with Gasteiger partial charge in [-0.05, 0) is 23.8 Å². The molecular formula is C21H13F3N4O4S.